The Morgan fingerprint density at radius 3 is 2.52 bits per heavy atom. The molecule has 6 heteroatoms. The fourth-order valence-electron chi connectivity index (χ4n) is 2.05. The molecule has 0 aromatic heterocycles. The van der Waals surface area contributed by atoms with Crippen molar-refractivity contribution in [3.05, 3.63) is 69.8 Å². The number of nitrogens with zero attached hydrogens (tertiary/aromatic N) is 1. The van der Waals surface area contributed by atoms with Crippen LogP contribution in [-0.2, 0) is 6.42 Å². The molecule has 0 amide bonds. The summed E-state index contributed by atoms with van der Waals surface area (Å²) in [5.41, 5.74) is 0.279. The molecule has 0 spiro atoms. The molecular weight excluding hydrogens is 278 g/mol. The predicted molar refractivity (Wildman–Crippen MR) is 76.3 cm³/mol. The van der Waals surface area contributed by atoms with Crippen molar-refractivity contribution in [2.75, 3.05) is 11.9 Å². The zero-order valence-electron chi connectivity index (χ0n) is 11.2. The van der Waals surface area contributed by atoms with Gasteiger partial charge in [-0.15, -0.1) is 0 Å². The molecule has 0 fully saturated rings. The van der Waals surface area contributed by atoms with Gasteiger partial charge in [-0.3, -0.25) is 10.1 Å². The highest BCUT2D eigenvalue weighted by Gasteiger charge is 2.21. The smallest absolute Gasteiger partial charge is 0.327 e. The van der Waals surface area contributed by atoms with Crippen molar-refractivity contribution >= 4 is 11.4 Å². The largest absolute Gasteiger partial charge is 0.379 e. The van der Waals surface area contributed by atoms with Gasteiger partial charge in [-0.25, -0.2) is 4.39 Å². The Balaban J connectivity index is 1.98. The molecule has 110 valence electrons. The van der Waals surface area contributed by atoms with Crippen LogP contribution in [0.15, 0.2) is 42.5 Å². The first-order chi connectivity index (χ1) is 10.1. The van der Waals surface area contributed by atoms with Crippen molar-refractivity contribution in [1.29, 1.82) is 0 Å². The maximum Gasteiger partial charge on any atom is 0.327 e. The topological polar surface area (TPSA) is 55.2 Å². The van der Waals surface area contributed by atoms with Crippen LogP contribution in [0, 0.1) is 21.7 Å². The summed E-state index contributed by atoms with van der Waals surface area (Å²) >= 11 is 0. The molecule has 0 atom stereocenters. The number of benzene rings is 2. The van der Waals surface area contributed by atoms with Gasteiger partial charge in [-0.05, 0) is 18.4 Å². The average Bonchev–Trinajstić information content (AvgIpc) is 2.43. The second kappa shape index (κ2) is 6.78. The van der Waals surface area contributed by atoms with Crippen molar-refractivity contribution in [3.8, 4) is 0 Å². The maximum absolute atomic E-state index is 13.4. The van der Waals surface area contributed by atoms with Crippen LogP contribution >= 0.6 is 0 Å². The van der Waals surface area contributed by atoms with Gasteiger partial charge in [0.05, 0.1) is 4.92 Å². The molecular formula is C15H14F2N2O2. The number of nitro benzene ring substituents is 1. The highest BCUT2D eigenvalue weighted by molar-refractivity contribution is 5.62. The fourth-order valence-corrected chi connectivity index (χ4v) is 2.05. The lowest BCUT2D eigenvalue weighted by atomic mass is 10.1. The molecule has 2 aromatic rings. The van der Waals surface area contributed by atoms with E-state index in [1.807, 2.05) is 30.3 Å². The minimum absolute atomic E-state index is 0.134. The normalized spacial score (nSPS) is 10.4. The van der Waals surface area contributed by atoms with Crippen molar-refractivity contribution < 1.29 is 13.7 Å². The summed E-state index contributed by atoms with van der Waals surface area (Å²) < 4.78 is 26.6. The third-order valence-corrected chi connectivity index (χ3v) is 3.01. The van der Waals surface area contributed by atoms with Gasteiger partial charge in [-0.1, -0.05) is 30.3 Å². The molecule has 2 rings (SSSR count). The van der Waals surface area contributed by atoms with Crippen molar-refractivity contribution in [3.63, 3.8) is 0 Å². The Labute approximate surface area is 120 Å². The monoisotopic (exact) mass is 292 g/mol. The van der Waals surface area contributed by atoms with E-state index < -0.39 is 22.2 Å². The van der Waals surface area contributed by atoms with Crippen molar-refractivity contribution in [2.45, 2.75) is 12.8 Å². The Hall–Kier alpha value is -2.50. The lowest BCUT2D eigenvalue weighted by molar-refractivity contribution is -0.386. The zero-order chi connectivity index (χ0) is 15.2. The standard InChI is InChI=1S/C15H14F2N2O2/c16-12-9-13(17)15(19(20)21)14(10-12)18-8-4-7-11-5-2-1-3-6-11/h1-3,5-6,9-10,18H,4,7-8H2. The van der Waals surface area contributed by atoms with Crippen molar-refractivity contribution in [2.24, 2.45) is 0 Å². The number of halogens is 2. The van der Waals surface area contributed by atoms with E-state index in [1.165, 1.54) is 0 Å². The second-order valence-corrected chi connectivity index (χ2v) is 4.56. The van der Waals surface area contributed by atoms with Crippen LogP contribution in [-0.4, -0.2) is 11.5 Å². The number of nitrogens with one attached hydrogen (secondary N) is 1. The number of nitro groups is 1. The molecule has 0 aliphatic rings. The summed E-state index contributed by atoms with van der Waals surface area (Å²) in [5, 5.41) is 13.5. The average molecular weight is 292 g/mol. The predicted octanol–water partition coefficient (Wildman–Crippen LogP) is 3.92. The fraction of sp³-hybridized carbons (Fsp3) is 0.200. The van der Waals surface area contributed by atoms with Gasteiger partial charge >= 0.3 is 5.69 Å². The summed E-state index contributed by atoms with van der Waals surface area (Å²) in [6.07, 6.45) is 1.47. The van der Waals surface area contributed by atoms with Crippen LogP contribution in [0.1, 0.15) is 12.0 Å². The van der Waals surface area contributed by atoms with E-state index in [0.29, 0.717) is 19.0 Å². The highest BCUT2D eigenvalue weighted by Crippen LogP contribution is 2.28. The van der Waals surface area contributed by atoms with Crippen LogP contribution in [0.2, 0.25) is 0 Å². The van der Waals surface area contributed by atoms with E-state index in [9.17, 15) is 18.9 Å². The van der Waals surface area contributed by atoms with Crippen LogP contribution in [0.4, 0.5) is 20.2 Å². The van der Waals surface area contributed by atoms with Gasteiger partial charge in [0, 0.05) is 18.7 Å². The molecule has 21 heavy (non-hydrogen) atoms. The number of hydrogen-bond acceptors (Lipinski definition) is 3. The highest BCUT2D eigenvalue weighted by atomic mass is 19.1. The molecule has 4 nitrogen and oxygen atoms in total. The number of hydrogen-bond donors (Lipinski definition) is 1. The first kappa shape index (κ1) is 14.9. The molecule has 1 N–H and O–H groups in total. The van der Waals surface area contributed by atoms with E-state index >= 15 is 0 Å². The summed E-state index contributed by atoms with van der Waals surface area (Å²) in [4.78, 5) is 9.96. The van der Waals surface area contributed by atoms with E-state index in [4.69, 9.17) is 0 Å². The number of aryl methyl sites for hydroxylation is 1. The summed E-state index contributed by atoms with van der Waals surface area (Å²) in [7, 11) is 0. The molecule has 0 saturated carbocycles. The Morgan fingerprint density at radius 2 is 1.86 bits per heavy atom. The molecule has 0 aliphatic heterocycles. The minimum atomic E-state index is -1.18. The van der Waals surface area contributed by atoms with Gasteiger partial charge in [0.25, 0.3) is 0 Å². The number of rotatable bonds is 6. The van der Waals surface area contributed by atoms with Gasteiger partial charge in [-0.2, -0.15) is 4.39 Å². The maximum atomic E-state index is 13.4. The summed E-state index contributed by atoms with van der Waals surface area (Å²) in [5.74, 6) is -2.02. The van der Waals surface area contributed by atoms with Gasteiger partial charge in [0.1, 0.15) is 11.5 Å². The van der Waals surface area contributed by atoms with Crippen molar-refractivity contribution in [1.82, 2.24) is 0 Å². The summed E-state index contributed by atoms with van der Waals surface area (Å²) in [6.45, 7) is 0.388. The van der Waals surface area contributed by atoms with Crippen LogP contribution < -0.4 is 5.32 Å². The molecule has 0 saturated heterocycles. The van der Waals surface area contributed by atoms with Gasteiger partial charge in [0.2, 0.25) is 5.82 Å². The minimum Gasteiger partial charge on any atom is -0.379 e. The Kier molecular flexibility index (Phi) is 4.81. The quantitative estimate of drug-likeness (QED) is 0.499. The van der Waals surface area contributed by atoms with E-state index in [-0.39, 0.29) is 5.69 Å². The Bertz CT molecular complexity index is 633. The lowest BCUT2D eigenvalue weighted by Gasteiger charge is -2.08. The third kappa shape index (κ3) is 3.98. The van der Waals surface area contributed by atoms with E-state index in [1.54, 1.807) is 0 Å². The van der Waals surface area contributed by atoms with Gasteiger partial charge < -0.3 is 5.32 Å². The summed E-state index contributed by atoms with van der Waals surface area (Å²) in [6, 6.07) is 11.2. The molecule has 0 unspecified atom stereocenters. The molecule has 0 heterocycles. The van der Waals surface area contributed by atoms with Crippen LogP contribution in [0.25, 0.3) is 0 Å². The van der Waals surface area contributed by atoms with Crippen LogP contribution in [0.3, 0.4) is 0 Å². The zero-order valence-corrected chi connectivity index (χ0v) is 11.2. The lowest BCUT2D eigenvalue weighted by Crippen LogP contribution is -2.07. The molecule has 0 radical (unpaired) electrons. The number of anilines is 1. The third-order valence-electron chi connectivity index (χ3n) is 3.01. The van der Waals surface area contributed by atoms with E-state index in [0.717, 1.165) is 18.1 Å². The van der Waals surface area contributed by atoms with Gasteiger partial charge in [0.15, 0.2) is 0 Å². The molecule has 0 bridgehead atoms. The molecule has 0 aliphatic carbocycles. The Morgan fingerprint density at radius 1 is 1.14 bits per heavy atom. The SMILES string of the molecule is O=[N+]([O-])c1c(F)cc(F)cc1NCCCc1ccccc1. The second-order valence-electron chi connectivity index (χ2n) is 4.56. The first-order valence-corrected chi connectivity index (χ1v) is 6.49. The van der Waals surface area contributed by atoms with E-state index in [2.05, 4.69) is 5.32 Å². The van der Waals surface area contributed by atoms with Crippen LogP contribution in [0.5, 0.6) is 0 Å². The molecule has 2 aromatic carbocycles. The first-order valence-electron chi connectivity index (χ1n) is 6.49.